The third-order valence-corrected chi connectivity index (χ3v) is 3.62. The molecule has 4 nitrogen and oxygen atoms in total. The van der Waals surface area contributed by atoms with Crippen molar-refractivity contribution >= 4 is 29.0 Å². The number of nitriles is 1. The molecule has 0 aromatic heterocycles. The summed E-state index contributed by atoms with van der Waals surface area (Å²) in [6.07, 6.45) is 1.99. The van der Waals surface area contributed by atoms with Crippen LogP contribution in [0.15, 0.2) is 53.4 Å². The summed E-state index contributed by atoms with van der Waals surface area (Å²) in [5.41, 5.74) is 2.08. The second-order valence-corrected chi connectivity index (χ2v) is 5.14. The van der Waals surface area contributed by atoms with E-state index in [9.17, 15) is 4.79 Å². The van der Waals surface area contributed by atoms with Crippen LogP contribution in [0.4, 0.5) is 11.4 Å². The van der Waals surface area contributed by atoms with Gasteiger partial charge in [-0.2, -0.15) is 5.26 Å². The Labute approximate surface area is 128 Å². The van der Waals surface area contributed by atoms with Crippen molar-refractivity contribution in [2.45, 2.75) is 4.90 Å². The molecule has 0 spiro atoms. The van der Waals surface area contributed by atoms with Crippen molar-refractivity contribution in [1.82, 2.24) is 0 Å². The standard InChI is InChI=1S/C16H15N3OS/c1-21-15-8-3-2-7-14(15)18-11-16(20)19-13-6-4-5-12(9-13)10-17/h2-9,18H,11H2,1H3,(H,19,20). The maximum absolute atomic E-state index is 11.9. The summed E-state index contributed by atoms with van der Waals surface area (Å²) in [5, 5.41) is 14.7. The van der Waals surface area contributed by atoms with Gasteiger partial charge in [-0.1, -0.05) is 18.2 Å². The van der Waals surface area contributed by atoms with Crippen molar-refractivity contribution < 1.29 is 4.79 Å². The van der Waals surface area contributed by atoms with Crippen LogP contribution in [-0.2, 0) is 4.79 Å². The quantitative estimate of drug-likeness (QED) is 0.831. The van der Waals surface area contributed by atoms with Crippen molar-refractivity contribution in [3.05, 3.63) is 54.1 Å². The average Bonchev–Trinajstić information content (AvgIpc) is 2.53. The maximum atomic E-state index is 11.9. The van der Waals surface area contributed by atoms with Crippen LogP contribution in [0.1, 0.15) is 5.56 Å². The van der Waals surface area contributed by atoms with Gasteiger partial charge in [0.05, 0.1) is 18.2 Å². The fraction of sp³-hybridized carbons (Fsp3) is 0.125. The number of hydrogen-bond donors (Lipinski definition) is 2. The molecule has 0 aliphatic rings. The highest BCUT2D eigenvalue weighted by molar-refractivity contribution is 7.98. The average molecular weight is 297 g/mol. The lowest BCUT2D eigenvalue weighted by Crippen LogP contribution is -2.21. The Kier molecular flexibility index (Phi) is 5.24. The number of amides is 1. The van der Waals surface area contributed by atoms with Gasteiger partial charge in [0.2, 0.25) is 5.91 Å². The Balaban J connectivity index is 1.94. The van der Waals surface area contributed by atoms with Crippen LogP contribution in [0.2, 0.25) is 0 Å². The predicted molar refractivity (Wildman–Crippen MR) is 86.5 cm³/mol. The van der Waals surface area contributed by atoms with Crippen LogP contribution in [0.5, 0.6) is 0 Å². The van der Waals surface area contributed by atoms with Crippen LogP contribution in [-0.4, -0.2) is 18.7 Å². The molecular weight excluding hydrogens is 282 g/mol. The molecule has 0 heterocycles. The Bertz CT molecular complexity index is 679. The molecule has 5 heteroatoms. The van der Waals surface area contributed by atoms with Gasteiger partial charge in [0.1, 0.15) is 0 Å². The van der Waals surface area contributed by atoms with Gasteiger partial charge >= 0.3 is 0 Å². The van der Waals surface area contributed by atoms with Crippen LogP contribution >= 0.6 is 11.8 Å². The predicted octanol–water partition coefficient (Wildman–Crippen LogP) is 3.33. The van der Waals surface area contributed by atoms with E-state index in [1.54, 1.807) is 36.0 Å². The summed E-state index contributed by atoms with van der Waals surface area (Å²) in [6, 6.07) is 16.7. The van der Waals surface area contributed by atoms with Gasteiger partial charge in [-0.25, -0.2) is 0 Å². The van der Waals surface area contributed by atoms with Crippen molar-refractivity contribution in [1.29, 1.82) is 5.26 Å². The molecule has 0 saturated heterocycles. The SMILES string of the molecule is CSc1ccccc1NCC(=O)Nc1cccc(C#N)c1. The highest BCUT2D eigenvalue weighted by atomic mass is 32.2. The number of benzene rings is 2. The largest absolute Gasteiger partial charge is 0.375 e. The maximum Gasteiger partial charge on any atom is 0.243 e. The molecule has 0 aliphatic carbocycles. The summed E-state index contributed by atoms with van der Waals surface area (Å²) in [5.74, 6) is -0.152. The summed E-state index contributed by atoms with van der Waals surface area (Å²) >= 11 is 1.63. The summed E-state index contributed by atoms with van der Waals surface area (Å²) in [7, 11) is 0. The van der Waals surface area contributed by atoms with Gasteiger partial charge in [0, 0.05) is 16.3 Å². The van der Waals surface area contributed by atoms with E-state index in [1.165, 1.54) is 0 Å². The van der Waals surface area contributed by atoms with Crippen molar-refractivity contribution in [3.63, 3.8) is 0 Å². The molecule has 1 amide bonds. The third-order valence-electron chi connectivity index (χ3n) is 2.82. The van der Waals surface area contributed by atoms with E-state index in [-0.39, 0.29) is 12.5 Å². The Morgan fingerprint density at radius 1 is 1.24 bits per heavy atom. The number of hydrogen-bond acceptors (Lipinski definition) is 4. The first-order valence-electron chi connectivity index (χ1n) is 6.40. The summed E-state index contributed by atoms with van der Waals surface area (Å²) < 4.78 is 0. The molecule has 106 valence electrons. The minimum absolute atomic E-state index is 0.152. The molecule has 2 rings (SSSR count). The molecule has 0 saturated carbocycles. The lowest BCUT2D eigenvalue weighted by molar-refractivity contribution is -0.114. The number of rotatable bonds is 5. The third kappa shape index (κ3) is 4.26. The first kappa shape index (κ1) is 14.9. The van der Waals surface area contributed by atoms with E-state index >= 15 is 0 Å². The lowest BCUT2D eigenvalue weighted by atomic mass is 10.2. The van der Waals surface area contributed by atoms with E-state index in [1.807, 2.05) is 36.6 Å². The first-order valence-corrected chi connectivity index (χ1v) is 7.62. The van der Waals surface area contributed by atoms with Crippen LogP contribution in [0, 0.1) is 11.3 Å². The number of nitrogens with zero attached hydrogens (tertiary/aromatic N) is 1. The van der Waals surface area contributed by atoms with Gasteiger partial charge in [-0.3, -0.25) is 4.79 Å². The zero-order valence-corrected chi connectivity index (χ0v) is 12.4. The molecule has 2 aromatic carbocycles. The van der Waals surface area contributed by atoms with Gasteiger partial charge in [0.15, 0.2) is 0 Å². The molecule has 0 aliphatic heterocycles. The molecular formula is C16H15N3OS. The van der Waals surface area contributed by atoms with E-state index in [0.717, 1.165) is 10.6 Å². The van der Waals surface area contributed by atoms with Crippen molar-refractivity contribution in [2.24, 2.45) is 0 Å². The monoisotopic (exact) mass is 297 g/mol. The summed E-state index contributed by atoms with van der Waals surface area (Å²) in [6.45, 7) is 0.175. The Morgan fingerprint density at radius 3 is 2.81 bits per heavy atom. The van der Waals surface area contributed by atoms with E-state index in [2.05, 4.69) is 10.6 Å². The smallest absolute Gasteiger partial charge is 0.243 e. The van der Waals surface area contributed by atoms with Gasteiger partial charge in [-0.05, 0) is 36.6 Å². The van der Waals surface area contributed by atoms with Crippen molar-refractivity contribution in [3.8, 4) is 6.07 Å². The molecule has 2 N–H and O–H groups in total. The van der Waals surface area contributed by atoms with Gasteiger partial charge < -0.3 is 10.6 Å². The van der Waals surface area contributed by atoms with Gasteiger partial charge in [-0.15, -0.1) is 11.8 Å². The Hall–Kier alpha value is -2.45. The number of carbonyl (C=O) groups excluding carboxylic acids is 1. The molecule has 0 fully saturated rings. The van der Waals surface area contributed by atoms with Crippen molar-refractivity contribution in [2.75, 3.05) is 23.4 Å². The zero-order valence-electron chi connectivity index (χ0n) is 11.6. The van der Waals surface area contributed by atoms with Crippen LogP contribution < -0.4 is 10.6 Å². The summed E-state index contributed by atoms with van der Waals surface area (Å²) in [4.78, 5) is 13.0. The van der Waals surface area contributed by atoms with E-state index in [0.29, 0.717) is 11.3 Å². The fourth-order valence-corrected chi connectivity index (χ4v) is 2.41. The second-order valence-electron chi connectivity index (χ2n) is 4.29. The highest BCUT2D eigenvalue weighted by Crippen LogP contribution is 2.24. The molecule has 0 atom stereocenters. The molecule has 0 bridgehead atoms. The molecule has 0 radical (unpaired) electrons. The van der Waals surface area contributed by atoms with E-state index in [4.69, 9.17) is 5.26 Å². The number of nitrogens with one attached hydrogen (secondary N) is 2. The minimum Gasteiger partial charge on any atom is -0.375 e. The minimum atomic E-state index is -0.152. The second kappa shape index (κ2) is 7.36. The molecule has 0 unspecified atom stereocenters. The normalized spacial score (nSPS) is 9.71. The Morgan fingerprint density at radius 2 is 2.05 bits per heavy atom. The fourth-order valence-electron chi connectivity index (χ4n) is 1.84. The zero-order chi connectivity index (χ0) is 15.1. The highest BCUT2D eigenvalue weighted by Gasteiger charge is 2.05. The molecule has 21 heavy (non-hydrogen) atoms. The van der Waals surface area contributed by atoms with E-state index < -0.39 is 0 Å². The lowest BCUT2D eigenvalue weighted by Gasteiger charge is -2.10. The number of anilines is 2. The first-order chi connectivity index (χ1) is 10.2. The van der Waals surface area contributed by atoms with Crippen LogP contribution in [0.25, 0.3) is 0 Å². The number of thioether (sulfide) groups is 1. The topological polar surface area (TPSA) is 64.9 Å². The number of para-hydroxylation sites is 1. The van der Waals surface area contributed by atoms with Crippen LogP contribution in [0.3, 0.4) is 0 Å². The van der Waals surface area contributed by atoms with Gasteiger partial charge in [0.25, 0.3) is 0 Å². The number of carbonyl (C=O) groups is 1. The molecule has 2 aromatic rings.